The van der Waals surface area contributed by atoms with Crippen LogP contribution in [0.15, 0.2) is 59.9 Å². The average molecular weight is 436 g/mol. The number of hydrogen-bond donors (Lipinski definition) is 1. The number of nitrogens with zero attached hydrogens (tertiary/aromatic N) is 2. The Labute approximate surface area is 168 Å². The van der Waals surface area contributed by atoms with Gasteiger partial charge in [0.2, 0.25) is 0 Å². The summed E-state index contributed by atoms with van der Waals surface area (Å²) < 4.78 is 54.3. The van der Waals surface area contributed by atoms with Crippen LogP contribution in [0.5, 0.6) is 0 Å². The molecule has 0 aliphatic heterocycles. The Morgan fingerprint density at radius 2 is 1.89 bits per heavy atom. The predicted molar refractivity (Wildman–Crippen MR) is 104 cm³/mol. The Kier molecular flexibility index (Phi) is 7.91. The number of hydrogen-bond acceptors (Lipinski definition) is 4. The fourth-order valence-electron chi connectivity index (χ4n) is 2.50. The molecule has 0 unspecified atom stereocenters. The molecule has 3 aromatic rings. The Hall–Kier alpha value is -2.00. The first-order valence-electron chi connectivity index (χ1n) is 7.40. The lowest BCUT2D eigenvalue weighted by atomic mass is 10.1. The standard InChI is InChI=1S/C17H15F2N3O2S.2ClH/c1-20-9-12-7-17(15-5-4-13(18)8-16(15)19)22(11-12)25(23,24)14-3-2-6-21-10-14;;/h2-8,10-11,20H,9H2,1H3;2*1H. The number of rotatable bonds is 5. The molecule has 0 radical (unpaired) electrons. The predicted octanol–water partition coefficient (Wildman–Crippen LogP) is 3.63. The van der Waals surface area contributed by atoms with Crippen LogP contribution in [0.2, 0.25) is 0 Å². The van der Waals surface area contributed by atoms with E-state index in [1.807, 2.05) is 0 Å². The van der Waals surface area contributed by atoms with Gasteiger partial charge in [-0.15, -0.1) is 24.8 Å². The molecule has 0 aliphatic carbocycles. The second-order valence-electron chi connectivity index (χ2n) is 5.38. The highest BCUT2D eigenvalue weighted by atomic mass is 35.5. The van der Waals surface area contributed by atoms with Crippen LogP contribution < -0.4 is 5.32 Å². The Morgan fingerprint density at radius 1 is 1.15 bits per heavy atom. The molecule has 5 nitrogen and oxygen atoms in total. The zero-order valence-corrected chi connectivity index (χ0v) is 16.5. The van der Waals surface area contributed by atoms with E-state index < -0.39 is 21.7 Å². The largest absolute Gasteiger partial charge is 0.316 e. The van der Waals surface area contributed by atoms with Gasteiger partial charge in [-0.25, -0.2) is 21.2 Å². The second kappa shape index (κ2) is 9.27. The molecule has 2 aromatic heterocycles. The second-order valence-corrected chi connectivity index (χ2v) is 7.19. The zero-order valence-electron chi connectivity index (χ0n) is 14.1. The molecule has 3 rings (SSSR count). The summed E-state index contributed by atoms with van der Waals surface area (Å²) in [7, 11) is -2.26. The van der Waals surface area contributed by atoms with Crippen LogP contribution in [0.25, 0.3) is 11.3 Å². The number of halogens is 4. The van der Waals surface area contributed by atoms with E-state index in [1.54, 1.807) is 13.1 Å². The van der Waals surface area contributed by atoms with E-state index in [0.29, 0.717) is 12.1 Å². The van der Waals surface area contributed by atoms with Crippen molar-refractivity contribution in [1.29, 1.82) is 0 Å². The molecule has 10 heteroatoms. The van der Waals surface area contributed by atoms with Crippen molar-refractivity contribution in [3.63, 3.8) is 0 Å². The van der Waals surface area contributed by atoms with Crippen molar-refractivity contribution in [3.05, 3.63) is 72.2 Å². The van der Waals surface area contributed by atoms with E-state index in [2.05, 4.69) is 10.3 Å². The third kappa shape index (κ3) is 4.65. The van der Waals surface area contributed by atoms with Crippen molar-refractivity contribution in [3.8, 4) is 11.3 Å². The van der Waals surface area contributed by atoms with Gasteiger partial charge in [-0.05, 0) is 42.9 Å². The Bertz CT molecular complexity index is 1010. The Balaban J connectivity index is 0.00000182. The first-order valence-corrected chi connectivity index (χ1v) is 8.84. The molecule has 2 heterocycles. The molecule has 0 spiro atoms. The highest BCUT2D eigenvalue weighted by Gasteiger charge is 2.23. The van der Waals surface area contributed by atoms with Gasteiger partial charge in [0, 0.05) is 36.8 Å². The molecular formula is C17H17Cl2F2N3O2S. The maximum atomic E-state index is 14.2. The van der Waals surface area contributed by atoms with Gasteiger partial charge in [0.05, 0.1) is 5.69 Å². The molecule has 0 aliphatic rings. The van der Waals surface area contributed by atoms with Crippen LogP contribution >= 0.6 is 24.8 Å². The van der Waals surface area contributed by atoms with Gasteiger partial charge in [-0.3, -0.25) is 4.98 Å². The van der Waals surface area contributed by atoms with Gasteiger partial charge in [0.1, 0.15) is 16.5 Å². The van der Waals surface area contributed by atoms with Gasteiger partial charge in [-0.2, -0.15) is 0 Å². The smallest absolute Gasteiger partial charge is 0.269 e. The summed E-state index contributed by atoms with van der Waals surface area (Å²) in [6.45, 7) is 0.394. The monoisotopic (exact) mass is 435 g/mol. The van der Waals surface area contributed by atoms with Crippen molar-refractivity contribution in [2.45, 2.75) is 11.4 Å². The van der Waals surface area contributed by atoms with Crippen molar-refractivity contribution in [2.75, 3.05) is 7.05 Å². The number of benzene rings is 1. The number of aromatic nitrogens is 2. The van der Waals surface area contributed by atoms with Gasteiger partial charge in [0.15, 0.2) is 0 Å². The SMILES string of the molecule is CNCc1cc(-c2ccc(F)cc2F)n(S(=O)(=O)c2cccnc2)c1.Cl.Cl. The third-order valence-corrected chi connectivity index (χ3v) is 5.28. The summed E-state index contributed by atoms with van der Waals surface area (Å²) in [6, 6.07) is 7.50. The summed E-state index contributed by atoms with van der Waals surface area (Å²) >= 11 is 0. The highest BCUT2D eigenvalue weighted by molar-refractivity contribution is 7.90. The van der Waals surface area contributed by atoms with Gasteiger partial charge >= 0.3 is 0 Å². The molecule has 0 fully saturated rings. The topological polar surface area (TPSA) is 64.0 Å². The van der Waals surface area contributed by atoms with E-state index in [1.165, 1.54) is 36.8 Å². The summed E-state index contributed by atoms with van der Waals surface area (Å²) in [5.41, 5.74) is 0.761. The van der Waals surface area contributed by atoms with Crippen molar-refractivity contribution >= 4 is 34.8 Å². The van der Waals surface area contributed by atoms with E-state index in [-0.39, 0.29) is 41.0 Å². The average Bonchev–Trinajstić information content (AvgIpc) is 3.00. The van der Waals surface area contributed by atoms with Crippen LogP contribution in [-0.2, 0) is 16.6 Å². The summed E-state index contributed by atoms with van der Waals surface area (Å²) in [6.07, 6.45) is 4.09. The molecule has 1 N–H and O–H groups in total. The van der Waals surface area contributed by atoms with Crippen LogP contribution in [0, 0.1) is 11.6 Å². The third-order valence-electron chi connectivity index (χ3n) is 3.62. The van der Waals surface area contributed by atoms with Gasteiger partial charge in [-0.1, -0.05) is 0 Å². The molecular weight excluding hydrogens is 419 g/mol. The van der Waals surface area contributed by atoms with Crippen molar-refractivity contribution in [2.24, 2.45) is 0 Å². The normalized spacial score (nSPS) is 10.8. The molecule has 0 saturated carbocycles. The van der Waals surface area contributed by atoms with Gasteiger partial charge < -0.3 is 5.32 Å². The molecule has 146 valence electrons. The van der Waals surface area contributed by atoms with Crippen molar-refractivity contribution < 1.29 is 17.2 Å². The van der Waals surface area contributed by atoms with Crippen molar-refractivity contribution in [1.82, 2.24) is 14.3 Å². The first-order chi connectivity index (χ1) is 11.9. The molecule has 0 bridgehead atoms. The molecule has 27 heavy (non-hydrogen) atoms. The highest BCUT2D eigenvalue weighted by Crippen LogP contribution is 2.29. The van der Waals surface area contributed by atoms with Crippen LogP contribution in [0.3, 0.4) is 0 Å². The lowest BCUT2D eigenvalue weighted by Crippen LogP contribution is -2.14. The summed E-state index contributed by atoms with van der Waals surface area (Å²) in [5, 5.41) is 2.92. The quantitative estimate of drug-likeness (QED) is 0.664. The summed E-state index contributed by atoms with van der Waals surface area (Å²) in [5.74, 6) is -1.57. The lowest BCUT2D eigenvalue weighted by Gasteiger charge is -2.11. The van der Waals surface area contributed by atoms with Gasteiger partial charge in [0.25, 0.3) is 10.0 Å². The van der Waals surface area contributed by atoms with E-state index in [9.17, 15) is 17.2 Å². The molecule has 1 aromatic carbocycles. The molecule has 0 atom stereocenters. The van der Waals surface area contributed by atoms with E-state index in [4.69, 9.17) is 0 Å². The fraction of sp³-hybridized carbons (Fsp3) is 0.118. The van der Waals surface area contributed by atoms with E-state index in [0.717, 1.165) is 16.1 Å². The minimum atomic E-state index is -3.98. The number of nitrogens with one attached hydrogen (secondary N) is 1. The maximum Gasteiger partial charge on any atom is 0.269 e. The molecule has 0 amide bonds. The number of pyridine rings is 1. The first kappa shape index (κ1) is 23.0. The minimum absolute atomic E-state index is 0. The summed E-state index contributed by atoms with van der Waals surface area (Å²) in [4.78, 5) is 3.80. The van der Waals surface area contributed by atoms with Crippen LogP contribution in [-0.4, -0.2) is 24.4 Å². The minimum Gasteiger partial charge on any atom is -0.316 e. The maximum absolute atomic E-state index is 14.2. The fourth-order valence-corrected chi connectivity index (χ4v) is 3.86. The molecule has 0 saturated heterocycles. The Morgan fingerprint density at radius 3 is 2.48 bits per heavy atom. The zero-order chi connectivity index (χ0) is 18.0. The van der Waals surface area contributed by atoms with Crippen LogP contribution in [0.1, 0.15) is 5.56 Å². The van der Waals surface area contributed by atoms with E-state index >= 15 is 0 Å². The van der Waals surface area contributed by atoms with Crippen LogP contribution in [0.4, 0.5) is 8.78 Å². The lowest BCUT2D eigenvalue weighted by molar-refractivity contribution is 0.583.